The number of nitrogens with one attached hydrogen (secondary N) is 2. The summed E-state index contributed by atoms with van der Waals surface area (Å²) in [4.78, 5) is 21.7. The zero-order chi connectivity index (χ0) is 15.5. The Morgan fingerprint density at radius 3 is 2.86 bits per heavy atom. The molecule has 0 bridgehead atoms. The highest BCUT2D eigenvalue weighted by Gasteiger charge is 2.17. The summed E-state index contributed by atoms with van der Waals surface area (Å²) in [6.45, 7) is 3.33. The Bertz CT molecular complexity index is 724. The van der Waals surface area contributed by atoms with Gasteiger partial charge in [0, 0.05) is 22.3 Å². The monoisotopic (exact) mass is 378 g/mol. The Balaban J connectivity index is 1.70. The molecule has 5 nitrogen and oxygen atoms in total. The van der Waals surface area contributed by atoms with Crippen molar-refractivity contribution in [2.24, 2.45) is 4.99 Å². The van der Waals surface area contributed by atoms with Crippen molar-refractivity contribution in [3.63, 3.8) is 0 Å². The summed E-state index contributed by atoms with van der Waals surface area (Å²) in [7, 11) is 0. The molecule has 1 aliphatic heterocycles. The summed E-state index contributed by atoms with van der Waals surface area (Å²) < 4.78 is 1.06. The first-order valence-electron chi connectivity index (χ1n) is 6.92. The van der Waals surface area contributed by atoms with Crippen molar-refractivity contribution in [2.75, 3.05) is 18.4 Å². The van der Waals surface area contributed by atoms with E-state index in [1.165, 1.54) is 16.9 Å². The van der Waals surface area contributed by atoms with Crippen molar-refractivity contribution in [3.8, 4) is 0 Å². The SMILES string of the molecule is Cc1nc(NC(=O)C2=NCCN2)sc1Cc1ccc(Br)cc1. The number of carbonyl (C=O) groups is 1. The largest absolute Gasteiger partial charge is 0.364 e. The summed E-state index contributed by atoms with van der Waals surface area (Å²) >= 11 is 4.94. The van der Waals surface area contributed by atoms with Crippen LogP contribution in [0, 0.1) is 6.92 Å². The first-order valence-corrected chi connectivity index (χ1v) is 8.53. The molecule has 22 heavy (non-hydrogen) atoms. The number of carbonyl (C=O) groups excluding carboxylic acids is 1. The molecule has 0 aliphatic carbocycles. The normalized spacial score (nSPS) is 13.6. The maximum absolute atomic E-state index is 12.0. The van der Waals surface area contributed by atoms with Crippen LogP contribution < -0.4 is 10.6 Å². The van der Waals surface area contributed by atoms with Gasteiger partial charge in [0.1, 0.15) is 0 Å². The molecule has 0 spiro atoms. The molecule has 0 saturated heterocycles. The standard InChI is InChI=1S/C15H15BrN4OS/c1-9-12(8-10-2-4-11(16)5-3-10)22-15(19-9)20-14(21)13-17-6-7-18-13/h2-5H,6-8H2,1H3,(H,17,18)(H,19,20,21). The minimum Gasteiger partial charge on any atom is -0.364 e. The number of aliphatic imine (C=N–C) groups is 1. The smallest absolute Gasteiger partial charge is 0.292 e. The number of halogens is 1. The molecule has 0 unspecified atom stereocenters. The van der Waals surface area contributed by atoms with Crippen LogP contribution in [0.3, 0.4) is 0 Å². The number of benzene rings is 1. The van der Waals surface area contributed by atoms with Crippen molar-refractivity contribution in [1.82, 2.24) is 10.3 Å². The van der Waals surface area contributed by atoms with Crippen LogP contribution in [0.5, 0.6) is 0 Å². The van der Waals surface area contributed by atoms with Gasteiger partial charge in [0.15, 0.2) is 11.0 Å². The van der Waals surface area contributed by atoms with Gasteiger partial charge in [-0.15, -0.1) is 11.3 Å². The molecule has 0 fully saturated rings. The summed E-state index contributed by atoms with van der Waals surface area (Å²) in [5, 5.41) is 6.38. The number of rotatable bonds is 4. The number of aromatic nitrogens is 1. The van der Waals surface area contributed by atoms with Crippen LogP contribution in [-0.2, 0) is 11.2 Å². The number of thiazole rings is 1. The number of hydrogen-bond acceptors (Lipinski definition) is 5. The van der Waals surface area contributed by atoms with Gasteiger partial charge in [-0.3, -0.25) is 15.1 Å². The fraction of sp³-hybridized carbons (Fsp3) is 0.267. The third-order valence-electron chi connectivity index (χ3n) is 3.28. The summed E-state index contributed by atoms with van der Waals surface area (Å²) in [6, 6.07) is 8.22. The first-order chi connectivity index (χ1) is 10.6. The Hall–Kier alpha value is -1.73. The Morgan fingerprint density at radius 2 is 2.18 bits per heavy atom. The molecule has 0 saturated carbocycles. The van der Waals surface area contributed by atoms with Crippen LogP contribution >= 0.6 is 27.3 Å². The lowest BCUT2D eigenvalue weighted by molar-refractivity contribution is -0.110. The van der Waals surface area contributed by atoms with Gasteiger partial charge >= 0.3 is 0 Å². The fourth-order valence-corrected chi connectivity index (χ4v) is 3.40. The third kappa shape index (κ3) is 3.53. The van der Waals surface area contributed by atoms with Gasteiger partial charge in [-0.2, -0.15) is 0 Å². The lowest BCUT2D eigenvalue weighted by Gasteiger charge is -2.01. The zero-order valence-electron chi connectivity index (χ0n) is 12.0. The topological polar surface area (TPSA) is 66.4 Å². The predicted octanol–water partition coefficient (Wildman–Crippen LogP) is 2.75. The molecular formula is C15H15BrN4OS. The van der Waals surface area contributed by atoms with Crippen molar-refractivity contribution in [2.45, 2.75) is 13.3 Å². The van der Waals surface area contributed by atoms with Crippen molar-refractivity contribution in [1.29, 1.82) is 0 Å². The Labute approximate surface area is 141 Å². The number of aryl methyl sites for hydroxylation is 1. The van der Waals surface area contributed by atoms with Gasteiger partial charge in [-0.05, 0) is 24.6 Å². The highest BCUT2D eigenvalue weighted by atomic mass is 79.9. The maximum Gasteiger partial charge on any atom is 0.292 e. The molecule has 2 N–H and O–H groups in total. The van der Waals surface area contributed by atoms with Crippen molar-refractivity contribution < 1.29 is 4.79 Å². The highest BCUT2D eigenvalue weighted by Crippen LogP contribution is 2.25. The van der Waals surface area contributed by atoms with E-state index in [9.17, 15) is 4.79 Å². The van der Waals surface area contributed by atoms with Gasteiger partial charge in [-0.25, -0.2) is 4.98 Å². The molecule has 2 aromatic rings. The van der Waals surface area contributed by atoms with E-state index in [2.05, 4.69) is 48.7 Å². The van der Waals surface area contributed by atoms with Gasteiger partial charge in [-0.1, -0.05) is 28.1 Å². The van der Waals surface area contributed by atoms with Crippen molar-refractivity contribution >= 4 is 44.1 Å². The molecular weight excluding hydrogens is 364 g/mol. The van der Waals surface area contributed by atoms with Gasteiger partial charge in [0.05, 0.1) is 12.2 Å². The summed E-state index contributed by atoms with van der Waals surface area (Å²) in [6.07, 6.45) is 0.811. The number of nitrogens with zero attached hydrogens (tertiary/aromatic N) is 2. The molecule has 1 aromatic carbocycles. The highest BCUT2D eigenvalue weighted by molar-refractivity contribution is 9.10. The molecule has 1 aromatic heterocycles. The average Bonchev–Trinajstić information content (AvgIpc) is 3.12. The van der Waals surface area contributed by atoms with E-state index >= 15 is 0 Å². The second-order valence-electron chi connectivity index (χ2n) is 4.94. The van der Waals surface area contributed by atoms with E-state index in [1.807, 2.05) is 19.1 Å². The second-order valence-corrected chi connectivity index (χ2v) is 6.94. The minimum absolute atomic E-state index is 0.221. The van der Waals surface area contributed by atoms with Crippen molar-refractivity contribution in [3.05, 3.63) is 44.9 Å². The van der Waals surface area contributed by atoms with Crippen LogP contribution in [0.4, 0.5) is 5.13 Å². The van der Waals surface area contributed by atoms with E-state index < -0.39 is 0 Å². The number of amidine groups is 1. The van der Waals surface area contributed by atoms with E-state index in [-0.39, 0.29) is 5.91 Å². The van der Waals surface area contributed by atoms with Gasteiger partial charge in [0.25, 0.3) is 5.91 Å². The lowest BCUT2D eigenvalue weighted by Crippen LogP contribution is -2.32. The zero-order valence-corrected chi connectivity index (χ0v) is 14.4. The van der Waals surface area contributed by atoms with Gasteiger partial charge < -0.3 is 5.32 Å². The minimum atomic E-state index is -0.221. The van der Waals surface area contributed by atoms with E-state index in [0.717, 1.165) is 21.5 Å². The van der Waals surface area contributed by atoms with Crippen LogP contribution in [0.1, 0.15) is 16.1 Å². The number of anilines is 1. The fourth-order valence-electron chi connectivity index (χ4n) is 2.14. The third-order valence-corrected chi connectivity index (χ3v) is 4.88. The summed E-state index contributed by atoms with van der Waals surface area (Å²) in [5.74, 6) is 0.170. The second kappa shape index (κ2) is 6.58. The average molecular weight is 379 g/mol. The van der Waals surface area contributed by atoms with Crippen LogP contribution in [-0.4, -0.2) is 29.8 Å². The molecule has 1 aliphatic rings. The van der Waals surface area contributed by atoms with E-state index in [4.69, 9.17) is 0 Å². The van der Waals surface area contributed by atoms with E-state index in [0.29, 0.717) is 24.1 Å². The number of hydrogen-bond donors (Lipinski definition) is 2. The molecule has 7 heteroatoms. The Kier molecular flexibility index (Phi) is 4.54. The first kappa shape index (κ1) is 15.2. The molecule has 1 amide bonds. The molecule has 2 heterocycles. The quantitative estimate of drug-likeness (QED) is 0.859. The van der Waals surface area contributed by atoms with Gasteiger partial charge in [0.2, 0.25) is 0 Å². The lowest BCUT2D eigenvalue weighted by atomic mass is 10.1. The predicted molar refractivity (Wildman–Crippen MR) is 92.7 cm³/mol. The Morgan fingerprint density at radius 1 is 1.41 bits per heavy atom. The summed E-state index contributed by atoms with van der Waals surface area (Å²) in [5.41, 5.74) is 2.17. The van der Waals surface area contributed by atoms with E-state index in [1.54, 1.807) is 0 Å². The van der Waals surface area contributed by atoms with Crippen LogP contribution in [0.15, 0.2) is 33.7 Å². The molecule has 0 atom stereocenters. The maximum atomic E-state index is 12.0. The number of amides is 1. The molecule has 3 rings (SSSR count). The van der Waals surface area contributed by atoms with Crippen LogP contribution in [0.25, 0.3) is 0 Å². The molecule has 0 radical (unpaired) electrons. The molecule has 114 valence electrons. The van der Waals surface area contributed by atoms with Crippen LogP contribution in [0.2, 0.25) is 0 Å².